The molecule has 0 saturated heterocycles. The lowest BCUT2D eigenvalue weighted by molar-refractivity contribution is -0.124. The molecule has 7 heteroatoms. The number of benzene rings is 1. The molecule has 0 heterocycles. The Balaban J connectivity index is 2.26. The maximum Gasteiger partial charge on any atom is 0.185 e. The number of unbranched alkanes of at least 4 members (excludes halogenated alkanes) is 9. The Hall–Kier alpha value is -1.93. The number of carbonyl (C=O) groups is 1. The average Bonchev–Trinajstić information content (AvgIpc) is 2.86. The van der Waals surface area contributed by atoms with E-state index in [9.17, 15) is 25.2 Å². The summed E-state index contributed by atoms with van der Waals surface area (Å²) in [4.78, 5) is 12.3. The van der Waals surface area contributed by atoms with Gasteiger partial charge >= 0.3 is 0 Å². The Kier molecular flexibility index (Phi) is 16.3. The van der Waals surface area contributed by atoms with Gasteiger partial charge in [-0.05, 0) is 43.0 Å². The van der Waals surface area contributed by atoms with Crippen LogP contribution in [0.3, 0.4) is 0 Å². The Morgan fingerprint density at radius 1 is 0.943 bits per heavy atom. The molecule has 1 aromatic carbocycles. The highest BCUT2D eigenvalue weighted by Gasteiger charge is 2.27. The topological polar surface area (TPSA) is 133 Å². The van der Waals surface area contributed by atoms with E-state index >= 15 is 0 Å². The van der Waals surface area contributed by atoms with Crippen molar-refractivity contribution in [1.82, 2.24) is 0 Å². The molecule has 1 aromatic rings. The number of aliphatic hydroxyl groups excluding tert-OH is 3. The van der Waals surface area contributed by atoms with Crippen LogP contribution < -0.4 is 10.5 Å². The van der Waals surface area contributed by atoms with E-state index in [1.54, 1.807) is 12.1 Å². The molecule has 6 N–H and O–H groups in total. The molecule has 0 fully saturated rings. The van der Waals surface area contributed by atoms with E-state index < -0.39 is 30.1 Å². The first-order valence-corrected chi connectivity index (χ1v) is 13.2. The summed E-state index contributed by atoms with van der Waals surface area (Å²) in [6, 6.07) is 3.44. The first-order valence-electron chi connectivity index (χ1n) is 13.2. The molecular formula is C28H47NO6. The number of phenolic OH excluding ortho intramolecular Hbond substituents is 1. The summed E-state index contributed by atoms with van der Waals surface area (Å²) in [5, 5.41) is 40.4. The van der Waals surface area contributed by atoms with Gasteiger partial charge < -0.3 is 30.9 Å². The lowest BCUT2D eigenvalue weighted by atomic mass is 9.95. The molecule has 0 aliphatic rings. The minimum atomic E-state index is -1.56. The number of hydrogen-bond acceptors (Lipinski definition) is 7. The van der Waals surface area contributed by atoms with Crippen molar-refractivity contribution >= 4 is 11.9 Å². The Morgan fingerprint density at radius 3 is 2.14 bits per heavy atom. The van der Waals surface area contributed by atoms with Gasteiger partial charge in [0, 0.05) is 0 Å². The third-order valence-corrected chi connectivity index (χ3v) is 6.43. The van der Waals surface area contributed by atoms with Crippen LogP contribution in [0.1, 0.15) is 96.0 Å². The fourth-order valence-corrected chi connectivity index (χ4v) is 4.04. The van der Waals surface area contributed by atoms with Gasteiger partial charge in [0.1, 0.15) is 6.10 Å². The van der Waals surface area contributed by atoms with Crippen LogP contribution in [0, 0.1) is 0 Å². The smallest absolute Gasteiger partial charge is 0.185 e. The van der Waals surface area contributed by atoms with Gasteiger partial charge in [-0.1, -0.05) is 83.3 Å². The second-order valence-corrected chi connectivity index (χ2v) is 9.46. The lowest BCUT2D eigenvalue weighted by Crippen LogP contribution is -2.48. The molecule has 35 heavy (non-hydrogen) atoms. The fourth-order valence-electron chi connectivity index (χ4n) is 4.04. The molecule has 200 valence electrons. The number of nitrogens with two attached hydrogens (primary N) is 1. The summed E-state index contributed by atoms with van der Waals surface area (Å²) in [7, 11) is 1.42. The minimum absolute atomic E-state index is 0.0171. The van der Waals surface area contributed by atoms with Crippen molar-refractivity contribution in [1.29, 1.82) is 0 Å². The van der Waals surface area contributed by atoms with Gasteiger partial charge in [-0.15, -0.1) is 0 Å². The monoisotopic (exact) mass is 493 g/mol. The molecule has 0 amide bonds. The molecule has 0 saturated carbocycles. The number of ketones is 1. The lowest BCUT2D eigenvalue weighted by Gasteiger charge is -2.23. The predicted octanol–water partition coefficient (Wildman–Crippen LogP) is 4.48. The minimum Gasteiger partial charge on any atom is -0.504 e. The van der Waals surface area contributed by atoms with Gasteiger partial charge in [-0.25, -0.2) is 0 Å². The van der Waals surface area contributed by atoms with Crippen LogP contribution in [-0.4, -0.2) is 57.7 Å². The number of phenols is 1. The van der Waals surface area contributed by atoms with Gasteiger partial charge in [0.15, 0.2) is 17.3 Å². The summed E-state index contributed by atoms with van der Waals surface area (Å²) in [6.45, 7) is 2.23. The molecule has 2 unspecified atom stereocenters. The largest absolute Gasteiger partial charge is 0.504 e. The molecular weight excluding hydrogens is 446 g/mol. The van der Waals surface area contributed by atoms with E-state index in [2.05, 4.69) is 6.92 Å². The third kappa shape index (κ3) is 13.1. The highest BCUT2D eigenvalue weighted by Crippen LogP contribution is 2.26. The fraction of sp³-hybridized carbons (Fsp3) is 0.679. The van der Waals surface area contributed by atoms with E-state index in [1.807, 2.05) is 0 Å². The van der Waals surface area contributed by atoms with E-state index in [1.165, 1.54) is 76.7 Å². The summed E-state index contributed by atoms with van der Waals surface area (Å²) in [5.41, 5.74) is 6.50. The number of aromatic hydroxyl groups is 1. The van der Waals surface area contributed by atoms with Crippen LogP contribution in [0.4, 0.5) is 0 Å². The average molecular weight is 494 g/mol. The van der Waals surface area contributed by atoms with Crippen molar-refractivity contribution in [3.63, 3.8) is 0 Å². The normalized spacial score (nSPS) is 15.1. The molecule has 0 aliphatic carbocycles. The van der Waals surface area contributed by atoms with E-state index in [-0.39, 0.29) is 17.9 Å². The number of ether oxygens (including phenoxy) is 1. The van der Waals surface area contributed by atoms with Crippen molar-refractivity contribution in [2.24, 2.45) is 5.73 Å². The van der Waals surface area contributed by atoms with E-state index in [0.717, 1.165) is 12.8 Å². The third-order valence-electron chi connectivity index (χ3n) is 6.43. The van der Waals surface area contributed by atoms with Crippen molar-refractivity contribution in [3.05, 3.63) is 29.8 Å². The molecule has 0 spiro atoms. The van der Waals surface area contributed by atoms with E-state index in [0.29, 0.717) is 18.4 Å². The summed E-state index contributed by atoms with van der Waals surface area (Å²) >= 11 is 0. The standard InChI is InChI=1S/C28H47NO6/c1-3-4-5-6-7-8-9-10-11-12-13-22(30)16-19-24(32)27(29)28(34)25(33)18-15-21-14-17-23(31)26(20-21)35-2/h14-15,17-18,20,22,24,27-28,30-32,34H,3-13,16,19,29H2,1-2H3/b18-15+/t22?,24-,27-,28?/m1/s1. The number of methoxy groups -OCH3 is 1. The first-order chi connectivity index (χ1) is 16.8. The van der Waals surface area contributed by atoms with Crippen molar-refractivity contribution in [3.8, 4) is 11.5 Å². The van der Waals surface area contributed by atoms with Gasteiger partial charge in [-0.3, -0.25) is 4.79 Å². The Morgan fingerprint density at radius 2 is 1.54 bits per heavy atom. The molecule has 0 radical (unpaired) electrons. The second-order valence-electron chi connectivity index (χ2n) is 9.46. The van der Waals surface area contributed by atoms with Gasteiger partial charge in [0.2, 0.25) is 0 Å². The van der Waals surface area contributed by atoms with Gasteiger partial charge in [-0.2, -0.15) is 0 Å². The Bertz CT molecular complexity index is 738. The predicted molar refractivity (Wildman–Crippen MR) is 140 cm³/mol. The van der Waals surface area contributed by atoms with Crippen molar-refractivity contribution in [2.75, 3.05) is 7.11 Å². The highest BCUT2D eigenvalue weighted by molar-refractivity contribution is 5.97. The van der Waals surface area contributed by atoms with Crippen LogP contribution in [0.25, 0.3) is 6.08 Å². The van der Waals surface area contributed by atoms with Gasteiger partial charge in [0.25, 0.3) is 0 Å². The zero-order valence-electron chi connectivity index (χ0n) is 21.6. The quantitative estimate of drug-likeness (QED) is 0.134. The summed E-state index contributed by atoms with van der Waals surface area (Å²) < 4.78 is 5.03. The summed E-state index contributed by atoms with van der Waals surface area (Å²) in [5.74, 6) is -0.380. The van der Waals surface area contributed by atoms with Crippen LogP contribution in [0.2, 0.25) is 0 Å². The number of hydrogen-bond donors (Lipinski definition) is 5. The first kappa shape index (κ1) is 31.1. The molecule has 0 bridgehead atoms. The van der Waals surface area contributed by atoms with Crippen LogP contribution in [0.15, 0.2) is 24.3 Å². The molecule has 0 aliphatic heterocycles. The van der Waals surface area contributed by atoms with E-state index in [4.69, 9.17) is 10.5 Å². The van der Waals surface area contributed by atoms with Crippen molar-refractivity contribution in [2.45, 2.75) is 115 Å². The molecule has 0 aromatic heterocycles. The summed E-state index contributed by atoms with van der Waals surface area (Å²) in [6.07, 6.45) is 13.1. The maximum absolute atomic E-state index is 12.3. The van der Waals surface area contributed by atoms with Crippen molar-refractivity contribution < 1.29 is 30.0 Å². The highest BCUT2D eigenvalue weighted by atomic mass is 16.5. The Labute approximate surface area is 211 Å². The van der Waals surface area contributed by atoms with Gasteiger partial charge in [0.05, 0.1) is 25.4 Å². The number of rotatable bonds is 20. The number of aliphatic hydroxyl groups is 3. The zero-order valence-corrected chi connectivity index (χ0v) is 21.6. The second kappa shape index (κ2) is 18.4. The molecule has 4 atom stereocenters. The maximum atomic E-state index is 12.3. The molecule has 1 rings (SSSR count). The SMILES string of the molecule is CCCCCCCCCCCCC(O)CC[C@@H](O)[C@@H](N)C(O)C(=O)/C=C/c1ccc(O)c(OC)c1. The molecule has 7 nitrogen and oxygen atoms in total. The zero-order chi connectivity index (χ0) is 26.1. The van der Waals surface area contributed by atoms with Crippen LogP contribution in [0.5, 0.6) is 11.5 Å². The number of carbonyl (C=O) groups excluding carboxylic acids is 1. The van der Waals surface area contributed by atoms with Crippen LogP contribution in [-0.2, 0) is 4.79 Å². The van der Waals surface area contributed by atoms with Crippen LogP contribution >= 0.6 is 0 Å².